The molecule has 0 aliphatic carbocycles. The number of carbonyl (C=O) groups is 1. The molecule has 3 aromatic rings. The first kappa shape index (κ1) is 17.7. The minimum absolute atomic E-state index is 0.215. The van der Waals surface area contributed by atoms with E-state index in [0.717, 1.165) is 34.4 Å². The summed E-state index contributed by atoms with van der Waals surface area (Å²) in [5, 5.41) is 10.3. The van der Waals surface area contributed by atoms with Crippen LogP contribution in [0.2, 0.25) is 5.02 Å². The van der Waals surface area contributed by atoms with Gasteiger partial charge < -0.3 is 4.79 Å². The first-order chi connectivity index (χ1) is 12.1. The van der Waals surface area contributed by atoms with E-state index in [0.29, 0.717) is 11.4 Å². The second-order valence-corrected chi connectivity index (χ2v) is 7.14. The Balaban J connectivity index is 1.93. The molecule has 1 aromatic heterocycles. The van der Waals surface area contributed by atoms with Crippen molar-refractivity contribution in [3.05, 3.63) is 59.6 Å². The number of hydrogen-bond donors (Lipinski definition) is 0. The van der Waals surface area contributed by atoms with Crippen molar-refractivity contribution in [1.82, 2.24) is 14.8 Å². The maximum atomic E-state index is 11.1. The molecule has 0 saturated carbocycles. The van der Waals surface area contributed by atoms with Crippen molar-refractivity contribution in [2.45, 2.75) is 24.9 Å². The quantitative estimate of drug-likeness (QED) is 0.430. The second kappa shape index (κ2) is 8.32. The van der Waals surface area contributed by atoms with Crippen LogP contribution in [0.5, 0.6) is 0 Å². The lowest BCUT2D eigenvalue weighted by atomic mass is 10.2. The molecule has 0 N–H and O–H groups in total. The van der Waals surface area contributed by atoms with Gasteiger partial charge in [0.05, 0.1) is 0 Å². The average Bonchev–Trinajstić information content (AvgIpc) is 3.04. The van der Waals surface area contributed by atoms with E-state index in [9.17, 15) is 4.79 Å². The van der Waals surface area contributed by atoms with Gasteiger partial charge in [-0.25, -0.2) is 0 Å². The molecule has 0 amide bonds. The van der Waals surface area contributed by atoms with E-state index < -0.39 is 0 Å². The number of ketones is 1. The highest BCUT2D eigenvalue weighted by Gasteiger charge is 2.16. The number of aromatic nitrogens is 3. The summed E-state index contributed by atoms with van der Waals surface area (Å²) in [5.41, 5.74) is 1.96. The van der Waals surface area contributed by atoms with E-state index >= 15 is 0 Å². The van der Waals surface area contributed by atoms with Gasteiger partial charge in [-0.15, -0.1) is 10.2 Å². The highest BCUT2D eigenvalue weighted by Crippen LogP contribution is 2.29. The van der Waals surface area contributed by atoms with Gasteiger partial charge in [0.1, 0.15) is 5.78 Å². The molecule has 3 rings (SSSR count). The Morgan fingerprint density at radius 2 is 1.80 bits per heavy atom. The first-order valence-corrected chi connectivity index (χ1v) is 9.40. The third-order valence-electron chi connectivity index (χ3n) is 3.65. The van der Waals surface area contributed by atoms with E-state index in [1.54, 1.807) is 18.7 Å². The lowest BCUT2D eigenvalue weighted by molar-refractivity contribution is -0.117. The van der Waals surface area contributed by atoms with Crippen molar-refractivity contribution in [3.8, 4) is 17.1 Å². The SMILES string of the molecule is CC(=O)CCCSc1nnc(-c2ccc(Cl)cc2)n1-c1ccccc1. The normalized spacial score (nSPS) is 10.8. The Kier molecular flexibility index (Phi) is 5.89. The van der Waals surface area contributed by atoms with Crippen LogP contribution < -0.4 is 0 Å². The molecule has 0 spiro atoms. The molecule has 0 fully saturated rings. The highest BCUT2D eigenvalue weighted by molar-refractivity contribution is 7.99. The van der Waals surface area contributed by atoms with Gasteiger partial charge in [-0.1, -0.05) is 41.6 Å². The maximum absolute atomic E-state index is 11.1. The van der Waals surface area contributed by atoms with E-state index in [1.807, 2.05) is 59.2 Å². The molecule has 0 radical (unpaired) electrons. The average molecular weight is 372 g/mol. The number of Topliss-reactive ketones (excluding diaryl/α,β-unsaturated/α-hetero) is 1. The smallest absolute Gasteiger partial charge is 0.196 e. The monoisotopic (exact) mass is 371 g/mol. The topological polar surface area (TPSA) is 47.8 Å². The molecule has 2 aromatic carbocycles. The van der Waals surface area contributed by atoms with Crippen LogP contribution >= 0.6 is 23.4 Å². The first-order valence-electron chi connectivity index (χ1n) is 8.04. The fourth-order valence-electron chi connectivity index (χ4n) is 2.44. The molecule has 0 aliphatic rings. The summed E-state index contributed by atoms with van der Waals surface area (Å²) >= 11 is 7.61. The van der Waals surface area contributed by atoms with Crippen molar-refractivity contribution < 1.29 is 4.79 Å². The van der Waals surface area contributed by atoms with E-state index in [1.165, 1.54) is 0 Å². The van der Waals surface area contributed by atoms with Crippen LogP contribution in [0.1, 0.15) is 19.8 Å². The van der Waals surface area contributed by atoms with Gasteiger partial charge in [0.2, 0.25) is 0 Å². The number of nitrogens with zero attached hydrogens (tertiary/aromatic N) is 3. The number of carbonyl (C=O) groups excluding carboxylic acids is 1. The highest BCUT2D eigenvalue weighted by atomic mass is 35.5. The summed E-state index contributed by atoms with van der Waals surface area (Å²) in [6, 6.07) is 17.6. The molecule has 0 saturated heterocycles. The zero-order valence-corrected chi connectivity index (χ0v) is 15.4. The Morgan fingerprint density at radius 1 is 1.08 bits per heavy atom. The molecular weight excluding hydrogens is 354 g/mol. The zero-order valence-electron chi connectivity index (χ0n) is 13.9. The molecule has 4 nitrogen and oxygen atoms in total. The molecule has 0 unspecified atom stereocenters. The maximum Gasteiger partial charge on any atom is 0.196 e. The summed E-state index contributed by atoms with van der Waals surface area (Å²) in [7, 11) is 0. The standard InChI is InChI=1S/C19H18ClN3OS/c1-14(24)6-5-13-25-19-22-21-18(15-9-11-16(20)12-10-15)23(19)17-7-3-2-4-8-17/h2-4,7-12H,5-6,13H2,1H3. The van der Waals surface area contributed by atoms with Crippen molar-refractivity contribution in [3.63, 3.8) is 0 Å². The Labute approximate surface area is 156 Å². The third kappa shape index (κ3) is 4.50. The summed E-state index contributed by atoms with van der Waals surface area (Å²) in [6.45, 7) is 1.62. The zero-order chi connectivity index (χ0) is 17.6. The fourth-order valence-corrected chi connectivity index (χ4v) is 3.46. The van der Waals surface area contributed by atoms with Crippen molar-refractivity contribution in [1.29, 1.82) is 0 Å². The van der Waals surface area contributed by atoms with Crippen LogP contribution in [-0.4, -0.2) is 26.3 Å². The number of halogens is 1. The molecule has 128 valence electrons. The predicted octanol–water partition coefficient (Wildman–Crippen LogP) is 5.05. The molecule has 6 heteroatoms. The van der Waals surface area contributed by atoms with Gasteiger partial charge in [-0.05, 0) is 49.7 Å². The Hall–Kier alpha value is -2.11. The van der Waals surface area contributed by atoms with Gasteiger partial charge in [-0.2, -0.15) is 0 Å². The van der Waals surface area contributed by atoms with Crippen LogP contribution in [0.15, 0.2) is 59.8 Å². The number of hydrogen-bond acceptors (Lipinski definition) is 4. The third-order valence-corrected chi connectivity index (χ3v) is 4.92. The predicted molar refractivity (Wildman–Crippen MR) is 102 cm³/mol. The number of rotatable bonds is 7. The van der Waals surface area contributed by atoms with Crippen molar-refractivity contribution in [2.75, 3.05) is 5.75 Å². The Bertz CT molecular complexity index is 847. The lowest BCUT2D eigenvalue weighted by Crippen LogP contribution is -2.00. The number of thioether (sulfide) groups is 1. The van der Waals surface area contributed by atoms with Gasteiger partial charge in [0, 0.05) is 28.4 Å². The minimum atomic E-state index is 0.215. The largest absolute Gasteiger partial charge is 0.300 e. The summed E-state index contributed by atoms with van der Waals surface area (Å²) in [4.78, 5) is 11.1. The molecule has 1 heterocycles. The fraction of sp³-hybridized carbons (Fsp3) is 0.211. The number of benzene rings is 2. The Morgan fingerprint density at radius 3 is 2.48 bits per heavy atom. The summed E-state index contributed by atoms with van der Waals surface area (Å²) in [5.74, 6) is 1.81. The van der Waals surface area contributed by atoms with Gasteiger partial charge >= 0.3 is 0 Å². The molecular formula is C19H18ClN3OS. The number of para-hydroxylation sites is 1. The van der Waals surface area contributed by atoms with Gasteiger partial charge in [0.15, 0.2) is 11.0 Å². The van der Waals surface area contributed by atoms with Crippen LogP contribution in [-0.2, 0) is 4.79 Å². The van der Waals surface area contributed by atoms with Crippen LogP contribution in [0.4, 0.5) is 0 Å². The van der Waals surface area contributed by atoms with Crippen LogP contribution in [0, 0.1) is 0 Å². The van der Waals surface area contributed by atoms with Crippen LogP contribution in [0.25, 0.3) is 17.1 Å². The van der Waals surface area contributed by atoms with Gasteiger partial charge in [0.25, 0.3) is 0 Å². The lowest BCUT2D eigenvalue weighted by Gasteiger charge is -2.10. The van der Waals surface area contributed by atoms with E-state index in [2.05, 4.69) is 10.2 Å². The molecule has 0 atom stereocenters. The van der Waals surface area contributed by atoms with Gasteiger partial charge in [-0.3, -0.25) is 4.57 Å². The molecule has 25 heavy (non-hydrogen) atoms. The van der Waals surface area contributed by atoms with E-state index in [-0.39, 0.29) is 5.78 Å². The summed E-state index contributed by atoms with van der Waals surface area (Å²) in [6.07, 6.45) is 1.43. The van der Waals surface area contributed by atoms with E-state index in [4.69, 9.17) is 11.6 Å². The minimum Gasteiger partial charge on any atom is -0.300 e. The molecule has 0 aliphatic heterocycles. The van der Waals surface area contributed by atoms with Crippen LogP contribution in [0.3, 0.4) is 0 Å². The van der Waals surface area contributed by atoms with Crippen molar-refractivity contribution in [2.24, 2.45) is 0 Å². The summed E-state index contributed by atoms with van der Waals surface area (Å²) < 4.78 is 2.04. The molecule has 0 bridgehead atoms. The van der Waals surface area contributed by atoms with Crippen molar-refractivity contribution >= 4 is 29.1 Å². The second-order valence-electron chi connectivity index (χ2n) is 5.64.